The molecular weight excluding hydrogens is 357 g/mol. The Balaban J connectivity index is 1.59. The molecule has 2 atom stereocenters. The Labute approximate surface area is 153 Å². The van der Waals surface area contributed by atoms with E-state index in [0.717, 1.165) is 4.90 Å². The number of thioether (sulfide) groups is 1. The molecule has 2 aromatic rings. The third-order valence-electron chi connectivity index (χ3n) is 3.86. The van der Waals surface area contributed by atoms with Crippen molar-refractivity contribution in [3.05, 3.63) is 59.9 Å². The predicted octanol–water partition coefficient (Wildman–Crippen LogP) is 3.44. The molecule has 0 fully saturated rings. The molecule has 5 nitrogen and oxygen atoms in total. The summed E-state index contributed by atoms with van der Waals surface area (Å²) in [6.07, 6.45) is -1.16. The summed E-state index contributed by atoms with van der Waals surface area (Å²) in [4.78, 5) is 37.4. The van der Waals surface area contributed by atoms with Crippen molar-refractivity contribution in [3.8, 4) is 0 Å². The van der Waals surface area contributed by atoms with Gasteiger partial charge >= 0.3 is 5.97 Å². The van der Waals surface area contributed by atoms with Crippen LogP contribution >= 0.6 is 11.8 Å². The predicted molar refractivity (Wildman–Crippen MR) is 95.6 cm³/mol. The van der Waals surface area contributed by atoms with Crippen LogP contribution in [0.5, 0.6) is 0 Å². The standard InChI is InChI=1S/C19H16FNO4S/c1-11(18(23)12-6-8-13(20)9-7-12)25-17(22)10-16-19(24)21-14-4-2-3-5-15(14)26-16/h2-9,11,16H,10H2,1H3,(H,21,24)/t11-,16-/m1/s1. The number of rotatable bonds is 5. The quantitative estimate of drug-likeness (QED) is 0.642. The van der Waals surface area contributed by atoms with Crippen molar-refractivity contribution in [2.24, 2.45) is 0 Å². The number of carbonyl (C=O) groups excluding carboxylic acids is 3. The highest BCUT2D eigenvalue weighted by Gasteiger charge is 2.30. The second-order valence-corrected chi connectivity index (χ2v) is 7.04. The van der Waals surface area contributed by atoms with Gasteiger partial charge in [0.1, 0.15) is 5.82 Å². The number of anilines is 1. The fourth-order valence-corrected chi connectivity index (χ4v) is 3.62. The highest BCUT2D eigenvalue weighted by molar-refractivity contribution is 8.01. The minimum Gasteiger partial charge on any atom is -0.454 e. The Kier molecular flexibility index (Phi) is 5.37. The number of halogens is 1. The van der Waals surface area contributed by atoms with Gasteiger partial charge in [0.05, 0.1) is 17.4 Å². The summed E-state index contributed by atoms with van der Waals surface area (Å²) in [5.41, 5.74) is 0.970. The van der Waals surface area contributed by atoms with Crippen LogP contribution in [0.3, 0.4) is 0 Å². The van der Waals surface area contributed by atoms with Gasteiger partial charge in [0.15, 0.2) is 6.10 Å². The van der Waals surface area contributed by atoms with Gasteiger partial charge in [-0.05, 0) is 43.3 Å². The largest absolute Gasteiger partial charge is 0.454 e. The van der Waals surface area contributed by atoms with Crippen LogP contribution in [0.4, 0.5) is 10.1 Å². The van der Waals surface area contributed by atoms with Crippen molar-refractivity contribution >= 4 is 35.1 Å². The summed E-state index contributed by atoms with van der Waals surface area (Å²) in [6.45, 7) is 1.45. The van der Waals surface area contributed by atoms with Crippen molar-refractivity contribution in [2.45, 2.75) is 29.6 Å². The molecule has 134 valence electrons. The number of fused-ring (bicyclic) bond motifs is 1. The number of ketones is 1. The molecule has 1 aliphatic heterocycles. The van der Waals surface area contributed by atoms with E-state index in [4.69, 9.17) is 4.74 Å². The van der Waals surface area contributed by atoms with E-state index in [1.165, 1.54) is 43.0 Å². The molecule has 1 aliphatic rings. The van der Waals surface area contributed by atoms with Crippen LogP contribution in [-0.4, -0.2) is 29.0 Å². The second kappa shape index (κ2) is 7.70. The lowest BCUT2D eigenvalue weighted by Crippen LogP contribution is -2.33. The molecule has 0 saturated carbocycles. The number of hydrogen-bond acceptors (Lipinski definition) is 5. The van der Waals surface area contributed by atoms with Gasteiger partial charge in [-0.1, -0.05) is 12.1 Å². The molecule has 0 spiro atoms. The lowest BCUT2D eigenvalue weighted by molar-refractivity contribution is -0.147. The number of para-hydroxylation sites is 1. The number of nitrogens with one attached hydrogen (secondary N) is 1. The summed E-state index contributed by atoms with van der Waals surface area (Å²) in [6, 6.07) is 12.3. The average molecular weight is 373 g/mol. The normalized spacial score (nSPS) is 17.0. The number of Topliss-reactive ketones (excluding diaryl/α,β-unsaturated/α-hetero) is 1. The molecule has 0 aliphatic carbocycles. The third-order valence-corrected chi connectivity index (χ3v) is 5.14. The van der Waals surface area contributed by atoms with E-state index in [1.54, 1.807) is 6.07 Å². The van der Waals surface area contributed by atoms with E-state index < -0.39 is 28.9 Å². The molecule has 7 heteroatoms. The summed E-state index contributed by atoms with van der Waals surface area (Å²) in [5, 5.41) is 2.13. The number of carbonyl (C=O) groups is 3. The molecule has 2 aromatic carbocycles. The Morgan fingerprint density at radius 1 is 1.19 bits per heavy atom. The monoisotopic (exact) mass is 373 g/mol. The second-order valence-electron chi connectivity index (χ2n) is 5.80. The molecule has 0 bridgehead atoms. The van der Waals surface area contributed by atoms with E-state index >= 15 is 0 Å². The highest BCUT2D eigenvalue weighted by atomic mass is 32.2. The van der Waals surface area contributed by atoms with Crippen LogP contribution in [0.25, 0.3) is 0 Å². The number of hydrogen-bond donors (Lipinski definition) is 1. The van der Waals surface area contributed by atoms with Crippen LogP contribution in [0.2, 0.25) is 0 Å². The zero-order valence-corrected chi connectivity index (χ0v) is 14.7. The zero-order valence-electron chi connectivity index (χ0n) is 13.9. The van der Waals surface area contributed by atoms with E-state index in [-0.39, 0.29) is 17.9 Å². The highest BCUT2D eigenvalue weighted by Crippen LogP contribution is 2.36. The Morgan fingerprint density at radius 3 is 2.62 bits per heavy atom. The van der Waals surface area contributed by atoms with Gasteiger partial charge in [-0.2, -0.15) is 0 Å². The van der Waals surface area contributed by atoms with Gasteiger partial charge in [-0.25, -0.2) is 4.39 Å². The number of benzene rings is 2. The van der Waals surface area contributed by atoms with Gasteiger partial charge in [0.25, 0.3) is 0 Å². The van der Waals surface area contributed by atoms with Crippen LogP contribution in [0.1, 0.15) is 23.7 Å². The van der Waals surface area contributed by atoms with E-state index in [2.05, 4.69) is 5.32 Å². The zero-order chi connectivity index (χ0) is 18.7. The first-order valence-electron chi connectivity index (χ1n) is 8.00. The number of amides is 1. The third kappa shape index (κ3) is 4.11. The lowest BCUT2D eigenvalue weighted by atomic mass is 10.1. The van der Waals surface area contributed by atoms with Crippen molar-refractivity contribution in [3.63, 3.8) is 0 Å². The Hall–Kier alpha value is -2.67. The van der Waals surface area contributed by atoms with Gasteiger partial charge in [0, 0.05) is 10.5 Å². The van der Waals surface area contributed by atoms with Gasteiger partial charge in [-0.3, -0.25) is 14.4 Å². The summed E-state index contributed by atoms with van der Waals surface area (Å²) >= 11 is 1.29. The first-order valence-corrected chi connectivity index (χ1v) is 8.88. The average Bonchev–Trinajstić information content (AvgIpc) is 2.62. The van der Waals surface area contributed by atoms with Crippen LogP contribution in [-0.2, 0) is 14.3 Å². The van der Waals surface area contributed by atoms with E-state index in [0.29, 0.717) is 5.69 Å². The molecule has 0 unspecified atom stereocenters. The molecular formula is C19H16FNO4S. The molecule has 1 amide bonds. The maximum Gasteiger partial charge on any atom is 0.308 e. The molecule has 0 aromatic heterocycles. The summed E-state index contributed by atoms with van der Waals surface area (Å²) in [5.74, 6) is -1.79. The molecule has 3 rings (SSSR count). The first kappa shape index (κ1) is 18.1. The topological polar surface area (TPSA) is 72.5 Å². The molecule has 26 heavy (non-hydrogen) atoms. The number of esters is 1. The van der Waals surface area contributed by atoms with Crippen molar-refractivity contribution < 1.29 is 23.5 Å². The van der Waals surface area contributed by atoms with Gasteiger partial charge < -0.3 is 10.1 Å². The fourth-order valence-electron chi connectivity index (χ4n) is 2.53. The maximum absolute atomic E-state index is 12.9. The maximum atomic E-state index is 12.9. The molecule has 1 N–H and O–H groups in total. The summed E-state index contributed by atoms with van der Waals surface area (Å²) < 4.78 is 18.1. The van der Waals surface area contributed by atoms with Crippen LogP contribution in [0, 0.1) is 5.82 Å². The van der Waals surface area contributed by atoms with Crippen molar-refractivity contribution in [1.29, 1.82) is 0 Å². The van der Waals surface area contributed by atoms with Crippen LogP contribution in [0.15, 0.2) is 53.4 Å². The van der Waals surface area contributed by atoms with Gasteiger partial charge in [0.2, 0.25) is 11.7 Å². The van der Waals surface area contributed by atoms with E-state index in [9.17, 15) is 18.8 Å². The van der Waals surface area contributed by atoms with Crippen molar-refractivity contribution in [1.82, 2.24) is 0 Å². The summed E-state index contributed by atoms with van der Waals surface area (Å²) in [7, 11) is 0. The van der Waals surface area contributed by atoms with Crippen LogP contribution < -0.4 is 5.32 Å². The smallest absolute Gasteiger partial charge is 0.308 e. The molecule has 0 saturated heterocycles. The molecule has 0 radical (unpaired) electrons. The SMILES string of the molecule is C[C@@H](OC(=O)C[C@H]1Sc2ccccc2NC1=O)C(=O)c1ccc(F)cc1. The minimum atomic E-state index is -1.02. The minimum absolute atomic E-state index is 0.147. The fraction of sp³-hybridized carbons (Fsp3) is 0.211. The molecule has 1 heterocycles. The first-order chi connectivity index (χ1) is 12.4. The Morgan fingerprint density at radius 2 is 1.88 bits per heavy atom. The Bertz CT molecular complexity index is 853. The van der Waals surface area contributed by atoms with Crippen molar-refractivity contribution in [2.75, 3.05) is 5.32 Å². The lowest BCUT2D eigenvalue weighted by Gasteiger charge is -2.23. The van der Waals surface area contributed by atoms with Gasteiger partial charge in [-0.15, -0.1) is 11.8 Å². The van der Waals surface area contributed by atoms with E-state index in [1.807, 2.05) is 18.2 Å². The number of ether oxygens (including phenoxy) is 1.